The highest BCUT2D eigenvalue weighted by molar-refractivity contribution is 7.17. The van der Waals surface area contributed by atoms with Crippen molar-refractivity contribution in [3.63, 3.8) is 0 Å². The van der Waals surface area contributed by atoms with Crippen LogP contribution in [0.1, 0.15) is 30.1 Å². The van der Waals surface area contributed by atoms with Crippen molar-refractivity contribution < 1.29 is 4.79 Å². The smallest absolute Gasteiger partial charge is 0.253 e. The zero-order valence-corrected chi connectivity index (χ0v) is 11.8. The second kappa shape index (κ2) is 5.31. The Labute approximate surface area is 117 Å². The van der Waals surface area contributed by atoms with Crippen molar-refractivity contribution in [1.82, 2.24) is 10.6 Å². The summed E-state index contributed by atoms with van der Waals surface area (Å²) >= 11 is 1.63. The summed E-state index contributed by atoms with van der Waals surface area (Å²) in [6.45, 7) is 3.19. The van der Waals surface area contributed by atoms with E-state index in [1.807, 2.05) is 23.6 Å². The molecule has 0 saturated carbocycles. The zero-order chi connectivity index (χ0) is 13.2. The van der Waals surface area contributed by atoms with Gasteiger partial charge < -0.3 is 10.6 Å². The van der Waals surface area contributed by atoms with Crippen LogP contribution >= 0.6 is 11.3 Å². The van der Waals surface area contributed by atoms with E-state index in [2.05, 4.69) is 23.6 Å². The molecule has 1 aliphatic heterocycles. The average molecular weight is 274 g/mol. The molecular formula is C15H18N2OS. The number of fused-ring (bicyclic) bond motifs is 1. The lowest BCUT2D eigenvalue weighted by Gasteiger charge is -2.30. The van der Waals surface area contributed by atoms with Crippen LogP contribution in [-0.4, -0.2) is 24.5 Å². The fourth-order valence-electron chi connectivity index (χ4n) is 2.64. The van der Waals surface area contributed by atoms with Crippen molar-refractivity contribution in [2.24, 2.45) is 0 Å². The highest BCUT2D eigenvalue weighted by Gasteiger charge is 2.23. The molecule has 1 saturated heterocycles. The van der Waals surface area contributed by atoms with Crippen LogP contribution in [0.2, 0.25) is 0 Å². The van der Waals surface area contributed by atoms with Gasteiger partial charge in [0.1, 0.15) is 0 Å². The third-order valence-electron chi connectivity index (χ3n) is 3.80. The van der Waals surface area contributed by atoms with Gasteiger partial charge in [0.25, 0.3) is 5.91 Å². The van der Waals surface area contributed by atoms with E-state index in [1.54, 1.807) is 11.3 Å². The molecule has 100 valence electrons. The maximum Gasteiger partial charge on any atom is 0.253 e. The second-order valence-electron chi connectivity index (χ2n) is 5.11. The van der Waals surface area contributed by atoms with Gasteiger partial charge in [-0.05, 0) is 32.4 Å². The maximum absolute atomic E-state index is 12.4. The summed E-state index contributed by atoms with van der Waals surface area (Å²) in [6, 6.07) is 8.65. The number of amides is 1. The van der Waals surface area contributed by atoms with Crippen LogP contribution in [0, 0.1) is 0 Å². The van der Waals surface area contributed by atoms with Crippen LogP contribution in [0.25, 0.3) is 10.1 Å². The summed E-state index contributed by atoms with van der Waals surface area (Å²) in [7, 11) is 0. The minimum atomic E-state index is 0.0537. The summed E-state index contributed by atoms with van der Waals surface area (Å²) in [5, 5.41) is 9.59. The monoisotopic (exact) mass is 274 g/mol. The molecule has 2 unspecified atom stereocenters. The first-order chi connectivity index (χ1) is 9.25. The lowest BCUT2D eigenvalue weighted by Crippen LogP contribution is -2.51. The number of hydrogen-bond donors (Lipinski definition) is 2. The van der Waals surface area contributed by atoms with E-state index in [1.165, 1.54) is 4.70 Å². The van der Waals surface area contributed by atoms with Crippen molar-refractivity contribution >= 4 is 27.3 Å². The first-order valence-corrected chi connectivity index (χ1v) is 7.64. The van der Waals surface area contributed by atoms with Crippen molar-refractivity contribution in [2.45, 2.75) is 31.8 Å². The number of nitrogens with one attached hydrogen (secondary N) is 2. The van der Waals surface area contributed by atoms with Gasteiger partial charge in [0.05, 0.1) is 5.56 Å². The normalized spacial score (nSPS) is 23.4. The third-order valence-corrected chi connectivity index (χ3v) is 4.77. The molecule has 2 heterocycles. The van der Waals surface area contributed by atoms with Crippen LogP contribution in [0.3, 0.4) is 0 Å². The van der Waals surface area contributed by atoms with Crippen molar-refractivity contribution in [1.29, 1.82) is 0 Å². The summed E-state index contributed by atoms with van der Waals surface area (Å²) in [5.41, 5.74) is 0.804. The number of thiophene rings is 1. The Balaban J connectivity index is 1.80. The predicted molar refractivity (Wildman–Crippen MR) is 79.8 cm³/mol. The number of hydrogen-bond acceptors (Lipinski definition) is 3. The molecule has 1 amide bonds. The second-order valence-corrected chi connectivity index (χ2v) is 6.02. The Morgan fingerprint density at radius 3 is 3.11 bits per heavy atom. The standard InChI is InChI=1S/C15H18N2OS/c1-10-13(6-4-8-16-10)17-15(18)12-9-19-14-7-3-2-5-11(12)14/h2-3,5,7,9-10,13,16H,4,6,8H2,1H3,(H,17,18). The van der Waals surface area contributed by atoms with E-state index in [-0.39, 0.29) is 11.9 Å². The summed E-state index contributed by atoms with van der Waals surface area (Å²) in [4.78, 5) is 12.4. The average Bonchev–Trinajstić information content (AvgIpc) is 2.85. The highest BCUT2D eigenvalue weighted by Crippen LogP contribution is 2.25. The van der Waals surface area contributed by atoms with Crippen molar-refractivity contribution in [3.8, 4) is 0 Å². The molecule has 3 rings (SSSR count). The molecule has 2 N–H and O–H groups in total. The molecule has 2 atom stereocenters. The van der Waals surface area contributed by atoms with Gasteiger partial charge in [-0.2, -0.15) is 0 Å². The van der Waals surface area contributed by atoms with E-state index < -0.39 is 0 Å². The van der Waals surface area contributed by atoms with Gasteiger partial charge in [0.15, 0.2) is 0 Å². The molecule has 0 aliphatic carbocycles. The number of carbonyl (C=O) groups excluding carboxylic acids is 1. The topological polar surface area (TPSA) is 41.1 Å². The van der Waals surface area contributed by atoms with E-state index in [0.29, 0.717) is 6.04 Å². The number of piperidine rings is 1. The van der Waals surface area contributed by atoms with Crippen molar-refractivity contribution in [3.05, 3.63) is 35.2 Å². The van der Waals surface area contributed by atoms with Crippen LogP contribution in [0.4, 0.5) is 0 Å². The van der Waals surface area contributed by atoms with Crippen LogP contribution in [-0.2, 0) is 0 Å². The highest BCUT2D eigenvalue weighted by atomic mass is 32.1. The fraction of sp³-hybridized carbons (Fsp3) is 0.400. The van der Waals surface area contributed by atoms with Gasteiger partial charge in [0, 0.05) is 27.5 Å². The predicted octanol–water partition coefficient (Wildman–Crippen LogP) is 2.77. The van der Waals surface area contributed by atoms with E-state index >= 15 is 0 Å². The molecule has 1 fully saturated rings. The minimum absolute atomic E-state index is 0.0537. The number of benzene rings is 1. The zero-order valence-electron chi connectivity index (χ0n) is 11.0. The first-order valence-electron chi connectivity index (χ1n) is 6.76. The van der Waals surface area contributed by atoms with E-state index in [9.17, 15) is 4.79 Å². The van der Waals surface area contributed by atoms with Crippen LogP contribution in [0.5, 0.6) is 0 Å². The Kier molecular flexibility index (Phi) is 3.53. The van der Waals surface area contributed by atoms with E-state index in [0.717, 1.165) is 30.3 Å². The van der Waals surface area contributed by atoms with Crippen LogP contribution in [0.15, 0.2) is 29.6 Å². The van der Waals surface area contributed by atoms with Gasteiger partial charge in [-0.15, -0.1) is 11.3 Å². The molecule has 3 nitrogen and oxygen atoms in total. The SMILES string of the molecule is CC1NCCCC1NC(=O)c1csc2ccccc12. The lowest BCUT2D eigenvalue weighted by atomic mass is 9.99. The van der Waals surface area contributed by atoms with Gasteiger partial charge >= 0.3 is 0 Å². The molecule has 1 aliphatic rings. The molecule has 1 aromatic heterocycles. The molecule has 4 heteroatoms. The summed E-state index contributed by atoms with van der Waals surface area (Å²) in [5.74, 6) is 0.0537. The van der Waals surface area contributed by atoms with Gasteiger partial charge in [-0.1, -0.05) is 18.2 Å². The summed E-state index contributed by atoms with van der Waals surface area (Å²) in [6.07, 6.45) is 2.18. The van der Waals surface area contributed by atoms with Gasteiger partial charge in [-0.25, -0.2) is 0 Å². The quantitative estimate of drug-likeness (QED) is 0.884. The van der Waals surface area contributed by atoms with E-state index in [4.69, 9.17) is 0 Å². The first kappa shape index (κ1) is 12.6. The summed E-state index contributed by atoms with van der Waals surface area (Å²) < 4.78 is 1.17. The third kappa shape index (κ3) is 2.51. The van der Waals surface area contributed by atoms with Crippen molar-refractivity contribution in [2.75, 3.05) is 6.54 Å². The lowest BCUT2D eigenvalue weighted by molar-refractivity contribution is 0.0922. The van der Waals surface area contributed by atoms with Gasteiger partial charge in [0.2, 0.25) is 0 Å². The molecule has 2 aromatic rings. The largest absolute Gasteiger partial charge is 0.348 e. The Morgan fingerprint density at radius 2 is 2.26 bits per heavy atom. The number of rotatable bonds is 2. The minimum Gasteiger partial charge on any atom is -0.348 e. The van der Waals surface area contributed by atoms with Crippen LogP contribution < -0.4 is 10.6 Å². The maximum atomic E-state index is 12.4. The fourth-order valence-corrected chi connectivity index (χ4v) is 3.58. The molecular weight excluding hydrogens is 256 g/mol. The molecule has 0 spiro atoms. The van der Waals surface area contributed by atoms with Gasteiger partial charge in [-0.3, -0.25) is 4.79 Å². The molecule has 0 bridgehead atoms. The molecule has 0 radical (unpaired) electrons. The molecule has 1 aromatic carbocycles. The Morgan fingerprint density at radius 1 is 1.42 bits per heavy atom. The Bertz CT molecular complexity index is 593. The number of carbonyl (C=O) groups is 1. The Hall–Kier alpha value is -1.39. The molecule has 19 heavy (non-hydrogen) atoms.